The lowest BCUT2D eigenvalue weighted by molar-refractivity contribution is 0.636. The van der Waals surface area contributed by atoms with E-state index >= 15 is 0 Å². The Morgan fingerprint density at radius 3 is 2.93 bits per heavy atom. The third-order valence-electron chi connectivity index (χ3n) is 1.95. The maximum absolute atomic E-state index is 13.3. The van der Waals surface area contributed by atoms with E-state index < -0.39 is 5.82 Å². The molecule has 0 bridgehead atoms. The van der Waals surface area contributed by atoms with Crippen molar-refractivity contribution in [3.05, 3.63) is 28.8 Å². The summed E-state index contributed by atoms with van der Waals surface area (Å²) in [5, 5.41) is 0.342. The van der Waals surface area contributed by atoms with Crippen molar-refractivity contribution >= 4 is 22.6 Å². The minimum Gasteiger partial charge on any atom is -0.341 e. The quantitative estimate of drug-likeness (QED) is 0.764. The second kappa shape index (κ2) is 3.22. The van der Waals surface area contributed by atoms with Crippen LogP contribution in [0.5, 0.6) is 0 Å². The predicted molar refractivity (Wildman–Crippen MR) is 53.7 cm³/mol. The number of benzene rings is 1. The van der Waals surface area contributed by atoms with Gasteiger partial charge in [-0.05, 0) is 19.1 Å². The topological polar surface area (TPSA) is 54.7 Å². The fourth-order valence-electron chi connectivity index (χ4n) is 1.28. The molecule has 0 aliphatic rings. The lowest BCUT2D eigenvalue weighted by Gasteiger charge is -1.96. The van der Waals surface area contributed by atoms with Crippen LogP contribution < -0.4 is 5.73 Å². The Hall–Kier alpha value is -1.13. The van der Waals surface area contributed by atoms with Crippen LogP contribution in [0.2, 0.25) is 5.02 Å². The average Bonchev–Trinajstić information content (AvgIpc) is 2.47. The zero-order chi connectivity index (χ0) is 10.3. The van der Waals surface area contributed by atoms with Crippen LogP contribution in [0.3, 0.4) is 0 Å². The van der Waals surface area contributed by atoms with E-state index in [1.165, 1.54) is 6.07 Å². The molecule has 0 aliphatic carbocycles. The first-order valence-electron chi connectivity index (χ1n) is 4.18. The molecule has 1 heterocycles. The maximum Gasteiger partial charge on any atom is 0.152 e. The van der Waals surface area contributed by atoms with Crippen LogP contribution in [0, 0.1) is 5.82 Å². The highest BCUT2D eigenvalue weighted by Gasteiger charge is 2.10. The summed E-state index contributed by atoms with van der Waals surface area (Å²) in [5.74, 6) is 0.122. The number of halogens is 2. The Bertz CT molecular complexity index is 478. The third kappa shape index (κ3) is 1.47. The minimum atomic E-state index is -0.435. The van der Waals surface area contributed by atoms with Crippen molar-refractivity contribution in [2.75, 3.05) is 0 Å². The molecule has 0 aliphatic heterocycles. The van der Waals surface area contributed by atoms with Gasteiger partial charge in [-0.2, -0.15) is 0 Å². The fourth-order valence-corrected chi connectivity index (χ4v) is 1.48. The van der Waals surface area contributed by atoms with Crippen LogP contribution in [-0.2, 0) is 0 Å². The van der Waals surface area contributed by atoms with E-state index in [0.29, 0.717) is 16.4 Å². The van der Waals surface area contributed by atoms with E-state index in [-0.39, 0.29) is 11.6 Å². The Morgan fingerprint density at radius 2 is 2.29 bits per heavy atom. The number of aromatic amines is 1. The molecule has 0 fully saturated rings. The Balaban J connectivity index is 2.70. The highest BCUT2D eigenvalue weighted by atomic mass is 35.5. The first-order chi connectivity index (χ1) is 6.58. The van der Waals surface area contributed by atoms with E-state index in [0.717, 1.165) is 0 Å². The van der Waals surface area contributed by atoms with Gasteiger partial charge in [0.2, 0.25) is 0 Å². The zero-order valence-corrected chi connectivity index (χ0v) is 8.27. The van der Waals surface area contributed by atoms with Crippen LogP contribution in [0.1, 0.15) is 18.8 Å². The number of imidazole rings is 1. The van der Waals surface area contributed by atoms with E-state index in [2.05, 4.69) is 9.97 Å². The molecule has 2 aromatic rings. The summed E-state index contributed by atoms with van der Waals surface area (Å²) >= 11 is 5.69. The SMILES string of the molecule is C[C@H](N)c1nc2c(F)cc(Cl)cc2[nH]1. The predicted octanol–water partition coefficient (Wildman–Crippen LogP) is 2.38. The molecule has 3 nitrogen and oxygen atoms in total. The second-order valence-corrected chi connectivity index (χ2v) is 3.63. The molecule has 0 unspecified atom stereocenters. The molecule has 1 aromatic carbocycles. The molecular weight excluding hydrogens is 205 g/mol. The number of nitrogens with one attached hydrogen (secondary N) is 1. The molecule has 0 radical (unpaired) electrons. The summed E-state index contributed by atoms with van der Waals surface area (Å²) in [7, 11) is 0. The lowest BCUT2D eigenvalue weighted by atomic mass is 10.3. The molecule has 0 spiro atoms. The fraction of sp³-hybridized carbons (Fsp3) is 0.222. The summed E-state index contributed by atoms with van der Waals surface area (Å²) in [4.78, 5) is 6.95. The number of hydrogen-bond acceptors (Lipinski definition) is 2. The van der Waals surface area contributed by atoms with Crippen molar-refractivity contribution in [1.82, 2.24) is 9.97 Å². The number of nitrogens with two attached hydrogens (primary N) is 1. The van der Waals surface area contributed by atoms with Crippen LogP contribution in [0.4, 0.5) is 4.39 Å². The van der Waals surface area contributed by atoms with E-state index in [1.54, 1.807) is 13.0 Å². The average molecular weight is 214 g/mol. The highest BCUT2D eigenvalue weighted by molar-refractivity contribution is 6.31. The number of H-pyrrole nitrogens is 1. The smallest absolute Gasteiger partial charge is 0.152 e. The lowest BCUT2D eigenvalue weighted by Crippen LogP contribution is -2.06. The maximum atomic E-state index is 13.3. The molecule has 5 heteroatoms. The molecular formula is C9H9ClFN3. The van der Waals surface area contributed by atoms with Gasteiger partial charge in [0.1, 0.15) is 11.3 Å². The van der Waals surface area contributed by atoms with Crippen LogP contribution in [0.15, 0.2) is 12.1 Å². The van der Waals surface area contributed by atoms with Gasteiger partial charge >= 0.3 is 0 Å². The van der Waals surface area contributed by atoms with E-state index in [4.69, 9.17) is 17.3 Å². The zero-order valence-electron chi connectivity index (χ0n) is 7.51. The summed E-state index contributed by atoms with van der Waals surface area (Å²) in [5.41, 5.74) is 6.47. The standard InChI is InChI=1S/C9H9ClFN3/c1-4(12)9-13-7-3-5(10)2-6(11)8(7)14-9/h2-4H,12H2,1H3,(H,13,14)/t4-/m0/s1. The number of fused-ring (bicyclic) bond motifs is 1. The van der Waals surface area contributed by atoms with Gasteiger partial charge in [0, 0.05) is 5.02 Å². The van der Waals surface area contributed by atoms with Gasteiger partial charge in [-0.1, -0.05) is 11.6 Å². The number of nitrogens with zero attached hydrogens (tertiary/aromatic N) is 1. The van der Waals surface area contributed by atoms with Gasteiger partial charge in [-0.3, -0.25) is 0 Å². The summed E-state index contributed by atoms with van der Waals surface area (Å²) in [6, 6.07) is 2.61. The molecule has 0 saturated carbocycles. The molecule has 0 amide bonds. The molecule has 0 saturated heterocycles. The molecule has 14 heavy (non-hydrogen) atoms. The number of rotatable bonds is 1. The normalized spacial score (nSPS) is 13.4. The summed E-state index contributed by atoms with van der Waals surface area (Å²) in [6.45, 7) is 1.78. The van der Waals surface area contributed by atoms with Crippen molar-refractivity contribution in [3.63, 3.8) is 0 Å². The van der Waals surface area contributed by atoms with Gasteiger partial charge in [-0.25, -0.2) is 9.37 Å². The Labute approximate surface area is 85.1 Å². The van der Waals surface area contributed by atoms with E-state index in [9.17, 15) is 4.39 Å². The van der Waals surface area contributed by atoms with Gasteiger partial charge in [0.15, 0.2) is 5.82 Å². The van der Waals surface area contributed by atoms with Crippen LogP contribution in [-0.4, -0.2) is 9.97 Å². The second-order valence-electron chi connectivity index (χ2n) is 3.19. The van der Waals surface area contributed by atoms with Crippen molar-refractivity contribution in [2.24, 2.45) is 5.73 Å². The van der Waals surface area contributed by atoms with Crippen molar-refractivity contribution < 1.29 is 4.39 Å². The van der Waals surface area contributed by atoms with Gasteiger partial charge in [-0.15, -0.1) is 0 Å². The van der Waals surface area contributed by atoms with Crippen LogP contribution in [0.25, 0.3) is 11.0 Å². The molecule has 2 rings (SSSR count). The van der Waals surface area contributed by atoms with Gasteiger partial charge in [0.25, 0.3) is 0 Å². The largest absolute Gasteiger partial charge is 0.341 e. The molecule has 74 valence electrons. The Kier molecular flexibility index (Phi) is 2.17. The van der Waals surface area contributed by atoms with Crippen molar-refractivity contribution in [1.29, 1.82) is 0 Å². The molecule has 3 N–H and O–H groups in total. The van der Waals surface area contributed by atoms with Crippen molar-refractivity contribution in [3.8, 4) is 0 Å². The minimum absolute atomic E-state index is 0.249. The third-order valence-corrected chi connectivity index (χ3v) is 2.17. The first kappa shape index (κ1) is 9.43. The first-order valence-corrected chi connectivity index (χ1v) is 4.56. The Morgan fingerprint density at radius 1 is 1.57 bits per heavy atom. The van der Waals surface area contributed by atoms with Crippen molar-refractivity contribution in [2.45, 2.75) is 13.0 Å². The van der Waals surface area contributed by atoms with E-state index in [1.807, 2.05) is 0 Å². The molecule has 1 aromatic heterocycles. The summed E-state index contributed by atoms with van der Waals surface area (Å²) in [6.07, 6.45) is 0. The highest BCUT2D eigenvalue weighted by Crippen LogP contribution is 2.22. The summed E-state index contributed by atoms with van der Waals surface area (Å²) < 4.78 is 13.3. The number of hydrogen-bond donors (Lipinski definition) is 2. The monoisotopic (exact) mass is 213 g/mol. The van der Waals surface area contributed by atoms with Gasteiger partial charge < -0.3 is 10.7 Å². The number of aromatic nitrogens is 2. The van der Waals surface area contributed by atoms with Gasteiger partial charge in [0.05, 0.1) is 11.6 Å². The molecule has 1 atom stereocenters. The van der Waals surface area contributed by atoms with Crippen LogP contribution >= 0.6 is 11.6 Å².